The summed E-state index contributed by atoms with van der Waals surface area (Å²) in [6.07, 6.45) is 3.02. The first-order valence-corrected chi connectivity index (χ1v) is 8.14. The molecule has 0 fully saturated rings. The Morgan fingerprint density at radius 3 is 2.50 bits per heavy atom. The molecular formula is C15H19O2P. The molecule has 1 heterocycles. The molecule has 0 saturated carbocycles. The van der Waals surface area contributed by atoms with E-state index >= 15 is 0 Å². The molecule has 2 rings (SSSR count). The average molecular weight is 262 g/mol. The van der Waals surface area contributed by atoms with Crippen molar-refractivity contribution >= 4 is 7.37 Å². The maximum Gasteiger partial charge on any atom is 0.255 e. The van der Waals surface area contributed by atoms with Gasteiger partial charge >= 0.3 is 0 Å². The molecule has 3 heteroatoms. The van der Waals surface area contributed by atoms with Crippen molar-refractivity contribution < 1.29 is 9.09 Å². The topological polar surface area (TPSA) is 26.3 Å². The summed E-state index contributed by atoms with van der Waals surface area (Å²) in [4.78, 5) is 0. The van der Waals surface area contributed by atoms with Crippen molar-refractivity contribution in [1.29, 1.82) is 0 Å². The molecule has 0 radical (unpaired) electrons. The summed E-state index contributed by atoms with van der Waals surface area (Å²) >= 11 is 0. The van der Waals surface area contributed by atoms with E-state index in [1.54, 1.807) is 0 Å². The Hall–Kier alpha value is -1.27. The second kappa shape index (κ2) is 5.16. The van der Waals surface area contributed by atoms with E-state index in [1.165, 1.54) is 5.57 Å². The molecule has 1 aliphatic rings. The second-order valence-electron chi connectivity index (χ2n) is 4.93. The zero-order valence-electron chi connectivity index (χ0n) is 11.1. The fourth-order valence-corrected chi connectivity index (χ4v) is 4.74. The summed E-state index contributed by atoms with van der Waals surface area (Å²) in [5.74, 6) is 0.753. The van der Waals surface area contributed by atoms with Gasteiger partial charge in [-0.2, -0.15) is 0 Å². The maximum absolute atomic E-state index is 12.9. The molecule has 2 nitrogen and oxygen atoms in total. The van der Waals surface area contributed by atoms with Crippen LogP contribution in [-0.4, -0.2) is 6.16 Å². The molecule has 1 aromatic carbocycles. The van der Waals surface area contributed by atoms with Gasteiger partial charge in [-0.3, -0.25) is 4.57 Å². The molecule has 0 amide bonds. The van der Waals surface area contributed by atoms with Crippen molar-refractivity contribution in [3.05, 3.63) is 58.9 Å². The molecule has 0 bridgehead atoms. The highest BCUT2D eigenvalue weighted by Crippen LogP contribution is 2.54. The second-order valence-corrected chi connectivity index (χ2v) is 7.37. The summed E-state index contributed by atoms with van der Waals surface area (Å²) in [5.41, 5.74) is 3.39. The number of rotatable bonds is 2. The van der Waals surface area contributed by atoms with Crippen LogP contribution in [0, 0.1) is 0 Å². The highest BCUT2D eigenvalue weighted by atomic mass is 31.2. The number of hydrogen-bond donors (Lipinski definition) is 0. The summed E-state index contributed by atoms with van der Waals surface area (Å²) in [6, 6.07) is 9.90. The van der Waals surface area contributed by atoms with E-state index in [0.717, 1.165) is 16.9 Å². The van der Waals surface area contributed by atoms with Crippen molar-refractivity contribution in [3.8, 4) is 0 Å². The minimum Gasteiger partial charge on any atom is -0.447 e. The Kier molecular flexibility index (Phi) is 3.77. The highest BCUT2D eigenvalue weighted by molar-refractivity contribution is 7.58. The van der Waals surface area contributed by atoms with Gasteiger partial charge in [0.15, 0.2) is 0 Å². The molecular weight excluding hydrogens is 243 g/mol. The van der Waals surface area contributed by atoms with Crippen molar-refractivity contribution in [1.82, 2.24) is 0 Å². The van der Waals surface area contributed by atoms with Crippen LogP contribution >= 0.6 is 7.37 Å². The summed E-state index contributed by atoms with van der Waals surface area (Å²) in [6.45, 7) is 5.95. The molecule has 96 valence electrons. The predicted molar refractivity (Wildman–Crippen MR) is 75.8 cm³/mol. The number of benzene rings is 1. The Morgan fingerprint density at radius 2 is 1.83 bits per heavy atom. The van der Waals surface area contributed by atoms with E-state index in [2.05, 4.69) is 0 Å². The lowest BCUT2D eigenvalue weighted by molar-refractivity contribution is 0.406. The molecule has 0 aromatic heterocycles. The van der Waals surface area contributed by atoms with E-state index in [0.29, 0.717) is 12.3 Å². The van der Waals surface area contributed by atoms with Crippen LogP contribution in [0.2, 0.25) is 0 Å². The predicted octanol–water partition coefficient (Wildman–Crippen LogP) is 4.74. The highest BCUT2D eigenvalue weighted by Gasteiger charge is 2.27. The lowest BCUT2D eigenvalue weighted by Crippen LogP contribution is -1.98. The smallest absolute Gasteiger partial charge is 0.255 e. The lowest BCUT2D eigenvalue weighted by Gasteiger charge is -2.18. The molecule has 0 spiro atoms. The molecule has 1 aliphatic heterocycles. The zero-order chi connectivity index (χ0) is 13.2. The van der Waals surface area contributed by atoms with Crippen molar-refractivity contribution in [2.45, 2.75) is 26.9 Å². The van der Waals surface area contributed by atoms with Crippen LogP contribution < -0.4 is 0 Å². The van der Waals surface area contributed by atoms with Crippen LogP contribution in [0.1, 0.15) is 26.3 Å². The standard InChI is InChI=1S/C15H19O2P/c1-12-9-14(3)17-18(16,10-13(12)2)11-15-7-5-4-6-8-15/h4-9H,10-11H2,1-3H3. The quantitative estimate of drug-likeness (QED) is 0.720. The largest absolute Gasteiger partial charge is 0.447 e. The molecule has 0 saturated heterocycles. The fourth-order valence-electron chi connectivity index (χ4n) is 2.18. The van der Waals surface area contributed by atoms with Gasteiger partial charge in [0.25, 0.3) is 7.37 Å². The van der Waals surface area contributed by atoms with Gasteiger partial charge in [-0.05, 0) is 38.0 Å². The summed E-state index contributed by atoms with van der Waals surface area (Å²) < 4.78 is 18.6. The molecule has 1 atom stereocenters. The normalized spacial score (nSPS) is 24.3. The lowest BCUT2D eigenvalue weighted by atomic mass is 10.1. The minimum absolute atomic E-state index is 0.504. The third kappa shape index (κ3) is 3.14. The van der Waals surface area contributed by atoms with Gasteiger partial charge in [0.05, 0.1) is 12.3 Å². The van der Waals surface area contributed by atoms with Crippen LogP contribution in [0.15, 0.2) is 53.3 Å². The van der Waals surface area contributed by atoms with E-state index < -0.39 is 7.37 Å². The Balaban J connectivity index is 2.27. The van der Waals surface area contributed by atoms with Gasteiger partial charge in [0, 0.05) is 0 Å². The Morgan fingerprint density at radius 1 is 1.17 bits per heavy atom. The minimum atomic E-state index is -2.65. The van der Waals surface area contributed by atoms with Crippen LogP contribution in [0.5, 0.6) is 0 Å². The van der Waals surface area contributed by atoms with E-state index in [9.17, 15) is 4.57 Å². The van der Waals surface area contributed by atoms with Crippen molar-refractivity contribution in [2.24, 2.45) is 0 Å². The molecule has 1 unspecified atom stereocenters. The van der Waals surface area contributed by atoms with E-state index in [4.69, 9.17) is 4.52 Å². The van der Waals surface area contributed by atoms with Gasteiger partial charge in [-0.25, -0.2) is 0 Å². The monoisotopic (exact) mass is 262 g/mol. The van der Waals surface area contributed by atoms with Crippen LogP contribution in [0.4, 0.5) is 0 Å². The first-order valence-electron chi connectivity index (χ1n) is 6.15. The van der Waals surface area contributed by atoms with Gasteiger partial charge in [-0.1, -0.05) is 35.9 Å². The number of allylic oxidation sites excluding steroid dienone is 4. The molecule has 0 aliphatic carbocycles. The van der Waals surface area contributed by atoms with Crippen LogP contribution in [-0.2, 0) is 15.3 Å². The van der Waals surface area contributed by atoms with Gasteiger partial charge in [-0.15, -0.1) is 0 Å². The SMILES string of the molecule is CC1=CC(C)=C(C)CP(=O)(Cc2ccccc2)O1. The fraction of sp³-hybridized carbons (Fsp3) is 0.333. The van der Waals surface area contributed by atoms with Gasteiger partial charge in [0.1, 0.15) is 5.76 Å². The molecule has 18 heavy (non-hydrogen) atoms. The van der Waals surface area contributed by atoms with Crippen LogP contribution in [0.3, 0.4) is 0 Å². The van der Waals surface area contributed by atoms with Crippen molar-refractivity contribution in [3.63, 3.8) is 0 Å². The van der Waals surface area contributed by atoms with Gasteiger partial charge < -0.3 is 4.52 Å². The zero-order valence-corrected chi connectivity index (χ0v) is 12.0. The van der Waals surface area contributed by atoms with Crippen LogP contribution in [0.25, 0.3) is 0 Å². The Labute approximate surface area is 109 Å². The first-order chi connectivity index (χ1) is 8.48. The van der Waals surface area contributed by atoms with E-state index in [1.807, 2.05) is 57.2 Å². The van der Waals surface area contributed by atoms with E-state index in [-0.39, 0.29) is 0 Å². The average Bonchev–Trinajstić information content (AvgIpc) is 2.37. The maximum atomic E-state index is 12.9. The summed E-state index contributed by atoms with van der Waals surface area (Å²) in [5, 5.41) is 0. The third-order valence-corrected chi connectivity index (χ3v) is 5.57. The molecule has 0 N–H and O–H groups in total. The molecule has 1 aromatic rings. The summed E-state index contributed by atoms with van der Waals surface area (Å²) in [7, 11) is -2.65. The van der Waals surface area contributed by atoms with Crippen molar-refractivity contribution in [2.75, 3.05) is 6.16 Å². The Bertz CT molecular complexity index is 541. The third-order valence-electron chi connectivity index (χ3n) is 3.15. The number of hydrogen-bond acceptors (Lipinski definition) is 2. The van der Waals surface area contributed by atoms with Gasteiger partial charge in [0.2, 0.25) is 0 Å². The first kappa shape index (κ1) is 13.2.